The number of carbonyl (C=O) groups excluding carboxylic acids is 4. The zero-order valence-electron chi connectivity index (χ0n) is 78.0. The van der Waals surface area contributed by atoms with Crippen molar-refractivity contribution in [2.24, 2.45) is 23.7 Å². The number of aromatic amines is 4. The number of imidazole rings is 4. The molecule has 2 saturated heterocycles. The lowest BCUT2D eigenvalue weighted by Gasteiger charge is -2.35. The van der Waals surface area contributed by atoms with Gasteiger partial charge in [0.25, 0.3) is 11.8 Å². The van der Waals surface area contributed by atoms with Gasteiger partial charge in [0.05, 0.1) is 96.1 Å². The molecule has 8 aromatic carbocycles. The quantitative estimate of drug-likeness (QED) is 0.0394. The maximum absolute atomic E-state index is 13.9. The van der Waals surface area contributed by atoms with Crippen LogP contribution in [0.5, 0.6) is 0 Å². The van der Waals surface area contributed by atoms with E-state index in [-0.39, 0.29) is 70.9 Å². The number of pyridine rings is 4. The summed E-state index contributed by atoms with van der Waals surface area (Å²) in [5.74, 6) is 7.42. The van der Waals surface area contributed by atoms with Gasteiger partial charge in [-0.2, -0.15) is 0 Å². The lowest BCUT2D eigenvalue weighted by molar-refractivity contribution is 0.00590. The Balaban J connectivity index is 0.000000116. The SMILES string of the molecule is CC(C)OC(=O)c1ccc2nc([C@H](C)C3CCC(c4ccnc5ccc(F)cc45)CC3)[nH]c2c1.CCOC(=O)c1ccc2nc([C@H](C)C3CCC(c4ccnc5ccc(F)cc45)CC3)[nH]c2c1.C[C@@H](c1nc2ccc(C(=O)N3CC(O)C3)cc2[nH]1)C1CCC(c2ccnc3ccc(F)cc23)CC1.C[C@@H](c1nc2ccc(C(=O)N3CCC3)cc2[nH]1)C1CCC(c2ccnc3ccc(F)cc23)CC1. The molecule has 22 rings (SSSR count). The van der Waals surface area contributed by atoms with E-state index >= 15 is 0 Å². The highest BCUT2D eigenvalue weighted by molar-refractivity contribution is 6.00. The predicted octanol–water partition coefficient (Wildman–Crippen LogP) is 24.7. The first-order valence-electron chi connectivity index (χ1n) is 48.7. The first-order valence-corrected chi connectivity index (χ1v) is 48.7. The van der Waals surface area contributed by atoms with Gasteiger partial charge in [-0.25, -0.2) is 47.1 Å². The Kier molecular flexibility index (Phi) is 27.1. The third-order valence-electron chi connectivity index (χ3n) is 30.2. The van der Waals surface area contributed by atoms with Gasteiger partial charge in [-0.3, -0.25) is 29.5 Å². The molecule has 0 unspecified atom stereocenters. The Labute approximate surface area is 787 Å². The molecule has 4 saturated carbocycles. The highest BCUT2D eigenvalue weighted by Gasteiger charge is 2.37. The number of H-pyrrole nitrogens is 4. The molecule has 700 valence electrons. The summed E-state index contributed by atoms with van der Waals surface area (Å²) >= 11 is 0. The smallest absolute Gasteiger partial charge is 0.338 e. The highest BCUT2D eigenvalue weighted by atomic mass is 19.1. The number of fused-ring (bicyclic) bond motifs is 8. The molecule has 25 heteroatoms. The molecule has 8 aromatic heterocycles. The van der Waals surface area contributed by atoms with Gasteiger partial charge in [0.15, 0.2) is 0 Å². The van der Waals surface area contributed by atoms with Crippen LogP contribution in [0.2, 0.25) is 0 Å². The van der Waals surface area contributed by atoms with Crippen LogP contribution in [-0.4, -0.2) is 143 Å². The van der Waals surface area contributed by atoms with E-state index in [2.05, 4.69) is 91.8 Å². The molecule has 6 fully saturated rings. The van der Waals surface area contributed by atoms with Crippen LogP contribution in [0, 0.1) is 46.9 Å². The molecule has 136 heavy (non-hydrogen) atoms. The summed E-state index contributed by atoms with van der Waals surface area (Å²) in [6.45, 7) is 17.3. The number of aromatic nitrogens is 12. The summed E-state index contributed by atoms with van der Waals surface area (Å²) in [5.41, 5.74) is 17.7. The van der Waals surface area contributed by atoms with Crippen LogP contribution in [0.15, 0.2) is 195 Å². The van der Waals surface area contributed by atoms with Crippen molar-refractivity contribution < 1.29 is 51.3 Å². The van der Waals surface area contributed by atoms with Gasteiger partial charge >= 0.3 is 11.9 Å². The number of hydrogen-bond donors (Lipinski definition) is 5. The number of benzene rings is 8. The lowest BCUT2D eigenvalue weighted by atomic mass is 9.73. The number of nitrogens with zero attached hydrogens (tertiary/aromatic N) is 10. The largest absolute Gasteiger partial charge is 0.462 e. The Hall–Kier alpha value is -13.2. The summed E-state index contributed by atoms with van der Waals surface area (Å²) in [6, 6.07) is 50.0. The van der Waals surface area contributed by atoms with Crippen molar-refractivity contribution in [3.63, 3.8) is 0 Å². The van der Waals surface area contributed by atoms with E-state index in [1.807, 2.05) is 104 Å². The topological polar surface area (TPSA) is 280 Å². The molecular formula is C111H116F4N14O7. The molecule has 4 atom stereocenters. The summed E-state index contributed by atoms with van der Waals surface area (Å²) in [7, 11) is 0. The number of likely N-dealkylation sites (tertiary alicyclic amines) is 2. The van der Waals surface area contributed by atoms with Crippen LogP contribution in [0.1, 0.15) is 292 Å². The number of aliphatic hydroxyl groups is 1. The fourth-order valence-corrected chi connectivity index (χ4v) is 22.1. The average Bonchev–Trinajstić information content (AvgIpc) is 1.46. The molecule has 16 aromatic rings. The normalized spacial score (nSPS) is 20.7. The zero-order chi connectivity index (χ0) is 94.1. The average molecular weight is 1830 g/mol. The monoisotopic (exact) mass is 1830 g/mol. The summed E-state index contributed by atoms with van der Waals surface area (Å²) in [6.07, 6.45) is 25.2. The van der Waals surface area contributed by atoms with E-state index < -0.39 is 6.10 Å². The van der Waals surface area contributed by atoms with E-state index in [0.29, 0.717) is 89.6 Å². The number of rotatable bonds is 18. The van der Waals surface area contributed by atoms with Gasteiger partial charge in [-0.1, -0.05) is 27.7 Å². The van der Waals surface area contributed by atoms with Crippen LogP contribution in [-0.2, 0) is 9.47 Å². The molecule has 2 amide bonds. The van der Waals surface area contributed by atoms with Crippen molar-refractivity contribution in [2.75, 3.05) is 32.8 Å². The van der Waals surface area contributed by atoms with E-state index in [9.17, 15) is 41.8 Å². The lowest BCUT2D eigenvalue weighted by Crippen LogP contribution is -2.53. The standard InChI is InChI=1S/C28H29FN4O2.C28H29FN4O.C28H30FN3O2.C27H28FN3O2/c1-16(27-31-25-8-6-19(12-26(25)32-27)28(35)33-14-21(34)15-33)17-2-4-18(5-3-17)22-10-11-30-24-9-7-20(29)13-23(22)24;1-17(27-31-25-9-7-20(15-26(25)32-27)28(34)33-13-2-14-33)18-3-5-19(6-4-18)22-11-12-30-24-10-8-21(29)16-23(22)24;1-16(2)34-28(33)20-8-10-25-26(14-20)32-27(31-25)17(3)18-4-6-19(7-5-18)22-12-13-30-24-11-9-21(29)15-23(22)24;1-3-33-27(32)19-8-10-24-25(14-19)31-26(30-24)16(2)17-4-6-18(7-5-17)21-12-13-29-23-11-9-20(28)15-22(21)23/h6-13,16-18,21,34H,2-5,14-15H2,1H3,(H,31,32);7-12,15-19H,2-6,13-14H2,1H3,(H,31,32);8-19H,4-7H2,1-3H3,(H,31,32);8-18H,3-7H2,1-2H3,(H,30,31)/t16-,17?,18?;2*17-,18?,19?;16-,17?,18?/m1111/s1. The minimum atomic E-state index is -0.407. The maximum Gasteiger partial charge on any atom is 0.338 e. The van der Waals surface area contributed by atoms with E-state index in [4.69, 9.17) is 29.4 Å². The Morgan fingerprint density at radius 1 is 0.353 bits per heavy atom. The molecular weight excluding hydrogens is 1720 g/mol. The van der Waals surface area contributed by atoms with Gasteiger partial charge in [0.2, 0.25) is 0 Å². The van der Waals surface area contributed by atoms with Gasteiger partial charge in [0.1, 0.15) is 46.6 Å². The number of nitrogens with one attached hydrogen (secondary N) is 4. The second kappa shape index (κ2) is 40.0. The van der Waals surface area contributed by atoms with Crippen LogP contribution in [0.25, 0.3) is 87.7 Å². The van der Waals surface area contributed by atoms with Crippen LogP contribution in [0.4, 0.5) is 17.6 Å². The molecule has 2 aliphatic heterocycles. The van der Waals surface area contributed by atoms with E-state index in [0.717, 1.165) is 239 Å². The number of β-amino-alcohol motifs (C(OH)–C–C–N with tert-alkyl or cyclic N) is 1. The molecule has 10 heterocycles. The second-order valence-corrected chi connectivity index (χ2v) is 38.9. The molecule has 5 N–H and O–H groups in total. The minimum absolute atomic E-state index is 0.0526. The van der Waals surface area contributed by atoms with E-state index in [1.165, 1.54) is 46.5 Å². The Morgan fingerprint density at radius 2 is 0.625 bits per heavy atom. The minimum Gasteiger partial charge on any atom is -0.462 e. The predicted molar refractivity (Wildman–Crippen MR) is 523 cm³/mol. The summed E-state index contributed by atoms with van der Waals surface area (Å²) < 4.78 is 66.0. The van der Waals surface area contributed by atoms with Gasteiger partial charge in [-0.05, 0) is 369 Å². The third kappa shape index (κ3) is 19.8. The second-order valence-electron chi connectivity index (χ2n) is 38.9. The van der Waals surface area contributed by atoms with Crippen LogP contribution >= 0.6 is 0 Å². The van der Waals surface area contributed by atoms with Crippen LogP contribution in [0.3, 0.4) is 0 Å². The molecule has 0 bridgehead atoms. The van der Waals surface area contributed by atoms with Gasteiger partial charge in [0, 0.05) is 107 Å². The number of carbonyl (C=O) groups is 4. The first kappa shape index (κ1) is 91.9. The van der Waals surface area contributed by atoms with Crippen molar-refractivity contribution in [1.29, 1.82) is 0 Å². The van der Waals surface area contributed by atoms with Gasteiger partial charge in [-0.15, -0.1) is 0 Å². The highest BCUT2D eigenvalue weighted by Crippen LogP contribution is 2.49. The molecule has 0 radical (unpaired) electrons. The molecule has 6 aliphatic rings. The fourth-order valence-electron chi connectivity index (χ4n) is 22.1. The maximum atomic E-state index is 13.9. The van der Waals surface area contributed by atoms with Crippen molar-refractivity contribution in [2.45, 2.75) is 217 Å². The van der Waals surface area contributed by atoms with Gasteiger partial charge < -0.3 is 44.3 Å². The number of halogens is 4. The van der Waals surface area contributed by atoms with Crippen molar-refractivity contribution in [3.8, 4) is 0 Å². The number of amides is 2. The molecule has 21 nitrogen and oxygen atoms in total. The number of esters is 2. The molecule has 0 spiro atoms. The number of aliphatic hydroxyl groups excluding tert-OH is 1. The van der Waals surface area contributed by atoms with Crippen molar-refractivity contribution in [1.82, 2.24) is 69.6 Å². The van der Waals surface area contributed by atoms with Crippen molar-refractivity contribution >= 4 is 111 Å². The summed E-state index contributed by atoms with van der Waals surface area (Å²) in [4.78, 5) is 104. The Bertz CT molecular complexity index is 7090. The summed E-state index contributed by atoms with van der Waals surface area (Å²) in [5, 5.41) is 13.2. The zero-order valence-corrected chi connectivity index (χ0v) is 78.0. The first-order chi connectivity index (χ1) is 65.9. The number of hydrogen-bond acceptors (Lipinski definition) is 15. The molecule has 4 aliphatic carbocycles. The third-order valence-corrected chi connectivity index (χ3v) is 30.2. The fraction of sp³-hybridized carbons (Fsp3) is 0.387. The van der Waals surface area contributed by atoms with E-state index in [1.54, 1.807) is 72.5 Å². The van der Waals surface area contributed by atoms with Crippen LogP contribution < -0.4 is 0 Å². The van der Waals surface area contributed by atoms with Crippen molar-refractivity contribution in [3.05, 3.63) is 286 Å². The Morgan fingerprint density at radius 3 is 0.897 bits per heavy atom. The number of ether oxygens (including phenoxy) is 2.